The van der Waals surface area contributed by atoms with Crippen LogP contribution in [0.3, 0.4) is 0 Å². The minimum absolute atomic E-state index is 0.297. The lowest BCUT2D eigenvalue weighted by atomic mass is 10.2. The molecular formula is C12H14ClN3O2. The van der Waals surface area contributed by atoms with Crippen molar-refractivity contribution in [1.82, 2.24) is 5.43 Å². The molecule has 1 aromatic carbocycles. The Morgan fingerprint density at radius 1 is 1.50 bits per heavy atom. The van der Waals surface area contributed by atoms with Crippen LogP contribution >= 0.6 is 11.6 Å². The number of nitrogens with one attached hydrogen (secondary N) is 2. The second kappa shape index (κ2) is 5.73. The number of hydrogen-bond acceptors (Lipinski definition) is 5. The van der Waals surface area contributed by atoms with Gasteiger partial charge in [0, 0.05) is 11.4 Å². The summed E-state index contributed by atoms with van der Waals surface area (Å²) in [4.78, 5) is 15.5. The van der Waals surface area contributed by atoms with E-state index in [1.54, 1.807) is 12.1 Å². The Hall–Kier alpha value is -1.75. The van der Waals surface area contributed by atoms with Crippen LogP contribution in [0.2, 0.25) is 5.02 Å². The van der Waals surface area contributed by atoms with Gasteiger partial charge in [-0.2, -0.15) is 0 Å². The zero-order valence-corrected chi connectivity index (χ0v) is 10.7. The Labute approximate surface area is 110 Å². The molecule has 1 heterocycles. The first kappa shape index (κ1) is 12.7. The molecule has 1 aromatic rings. The Bertz CT molecular complexity index is 476. The largest absolute Gasteiger partial charge is 0.467 e. The fourth-order valence-corrected chi connectivity index (χ4v) is 1.89. The third-order valence-corrected chi connectivity index (χ3v) is 2.85. The van der Waals surface area contributed by atoms with E-state index in [1.807, 2.05) is 12.1 Å². The van der Waals surface area contributed by atoms with Crippen LogP contribution in [0, 0.1) is 0 Å². The number of anilines is 1. The summed E-state index contributed by atoms with van der Waals surface area (Å²) in [6.07, 6.45) is 1.39. The first-order valence-electron chi connectivity index (χ1n) is 5.61. The number of halogens is 1. The highest BCUT2D eigenvalue weighted by atomic mass is 35.5. The second-order valence-electron chi connectivity index (χ2n) is 3.91. The summed E-state index contributed by atoms with van der Waals surface area (Å²) < 4.78 is 4.65. The Morgan fingerprint density at radius 2 is 2.33 bits per heavy atom. The van der Waals surface area contributed by atoms with Gasteiger partial charge in [0.15, 0.2) is 0 Å². The first-order chi connectivity index (χ1) is 8.69. The summed E-state index contributed by atoms with van der Waals surface area (Å²) in [5.41, 5.74) is 6.79. The van der Waals surface area contributed by atoms with Gasteiger partial charge >= 0.3 is 5.97 Å². The van der Waals surface area contributed by atoms with Gasteiger partial charge in [0.1, 0.15) is 11.9 Å². The van der Waals surface area contributed by atoms with Gasteiger partial charge in [0.2, 0.25) is 0 Å². The van der Waals surface area contributed by atoms with E-state index < -0.39 is 6.04 Å². The van der Waals surface area contributed by atoms with Crippen LogP contribution in [0.15, 0.2) is 29.3 Å². The molecule has 0 bridgehead atoms. The van der Waals surface area contributed by atoms with Gasteiger partial charge in [-0.1, -0.05) is 17.7 Å². The van der Waals surface area contributed by atoms with Crippen LogP contribution in [-0.2, 0) is 9.53 Å². The third kappa shape index (κ3) is 3.13. The van der Waals surface area contributed by atoms with E-state index >= 15 is 0 Å². The fraction of sp³-hybridized carbons (Fsp3) is 0.333. The van der Waals surface area contributed by atoms with Crippen molar-refractivity contribution in [2.75, 3.05) is 12.5 Å². The van der Waals surface area contributed by atoms with E-state index in [1.165, 1.54) is 7.11 Å². The molecule has 0 saturated heterocycles. The van der Waals surface area contributed by atoms with Gasteiger partial charge in [-0.05, 0) is 24.6 Å². The van der Waals surface area contributed by atoms with E-state index in [-0.39, 0.29) is 5.97 Å². The van der Waals surface area contributed by atoms with Crippen molar-refractivity contribution in [1.29, 1.82) is 0 Å². The van der Waals surface area contributed by atoms with E-state index in [2.05, 4.69) is 20.6 Å². The molecule has 0 aromatic heterocycles. The van der Waals surface area contributed by atoms with Crippen LogP contribution in [0.25, 0.3) is 0 Å². The summed E-state index contributed by atoms with van der Waals surface area (Å²) in [5, 5.41) is 0.655. The van der Waals surface area contributed by atoms with Crippen molar-refractivity contribution in [2.45, 2.75) is 18.9 Å². The second-order valence-corrected chi connectivity index (χ2v) is 4.35. The normalized spacial score (nSPS) is 18.1. The van der Waals surface area contributed by atoms with E-state index in [0.717, 1.165) is 11.5 Å². The Balaban J connectivity index is 1.90. The van der Waals surface area contributed by atoms with Crippen molar-refractivity contribution in [3.63, 3.8) is 0 Å². The molecule has 2 N–H and O–H groups in total. The first-order valence-corrected chi connectivity index (χ1v) is 5.99. The zero-order chi connectivity index (χ0) is 13.0. The lowest BCUT2D eigenvalue weighted by Crippen LogP contribution is -2.28. The van der Waals surface area contributed by atoms with Gasteiger partial charge in [-0.25, -0.2) is 4.79 Å². The smallest absolute Gasteiger partial charge is 0.330 e. The predicted molar refractivity (Wildman–Crippen MR) is 70.7 cm³/mol. The van der Waals surface area contributed by atoms with E-state index in [4.69, 9.17) is 11.6 Å². The number of hydrazine groups is 1. The molecule has 0 aliphatic carbocycles. The maximum absolute atomic E-state index is 11.3. The lowest BCUT2D eigenvalue weighted by molar-refractivity contribution is -0.141. The fourth-order valence-electron chi connectivity index (χ4n) is 1.70. The minimum atomic E-state index is -0.390. The summed E-state index contributed by atoms with van der Waals surface area (Å²) >= 11 is 5.86. The highest BCUT2D eigenvalue weighted by molar-refractivity contribution is 6.30. The van der Waals surface area contributed by atoms with Crippen LogP contribution in [0.5, 0.6) is 0 Å². The summed E-state index contributed by atoms with van der Waals surface area (Å²) in [6, 6.07) is 6.93. The number of hydrogen-bond donors (Lipinski definition) is 2. The molecule has 1 aliphatic rings. The van der Waals surface area contributed by atoms with Gasteiger partial charge in [-0.3, -0.25) is 15.8 Å². The molecule has 0 saturated carbocycles. The van der Waals surface area contributed by atoms with Crippen LogP contribution in [0.4, 0.5) is 5.69 Å². The Morgan fingerprint density at radius 3 is 3.06 bits per heavy atom. The zero-order valence-electron chi connectivity index (χ0n) is 9.94. The molecule has 0 radical (unpaired) electrons. The van der Waals surface area contributed by atoms with Crippen molar-refractivity contribution in [3.8, 4) is 0 Å². The monoisotopic (exact) mass is 267 g/mol. The van der Waals surface area contributed by atoms with Gasteiger partial charge < -0.3 is 4.74 Å². The maximum Gasteiger partial charge on any atom is 0.330 e. The number of carbonyl (C=O) groups is 1. The van der Waals surface area contributed by atoms with E-state index in [0.29, 0.717) is 17.9 Å². The number of esters is 1. The summed E-state index contributed by atoms with van der Waals surface area (Å²) in [5.74, 6) is 0.444. The summed E-state index contributed by atoms with van der Waals surface area (Å²) in [7, 11) is 1.37. The number of benzene rings is 1. The van der Waals surface area contributed by atoms with Crippen molar-refractivity contribution < 1.29 is 9.53 Å². The highest BCUT2D eigenvalue weighted by Gasteiger charge is 2.24. The number of rotatable bonds is 3. The topological polar surface area (TPSA) is 62.7 Å². The van der Waals surface area contributed by atoms with Gasteiger partial charge in [-0.15, -0.1) is 0 Å². The lowest BCUT2D eigenvalue weighted by Gasteiger charge is -2.09. The molecular weight excluding hydrogens is 254 g/mol. The number of carbonyl (C=O) groups excluding carboxylic acids is 1. The number of amidine groups is 1. The van der Waals surface area contributed by atoms with Crippen molar-refractivity contribution in [3.05, 3.63) is 29.3 Å². The molecule has 1 atom stereocenters. The third-order valence-electron chi connectivity index (χ3n) is 2.62. The molecule has 96 valence electrons. The number of methoxy groups -OCH3 is 1. The number of aliphatic imine (C=N–C) groups is 1. The molecule has 1 aliphatic heterocycles. The number of nitrogens with zero attached hydrogens (tertiary/aromatic N) is 1. The average Bonchev–Trinajstić information content (AvgIpc) is 2.84. The highest BCUT2D eigenvalue weighted by Crippen LogP contribution is 2.16. The van der Waals surface area contributed by atoms with Crippen molar-refractivity contribution in [2.24, 2.45) is 4.99 Å². The molecule has 1 unspecified atom stereocenters. The molecule has 18 heavy (non-hydrogen) atoms. The van der Waals surface area contributed by atoms with Crippen LogP contribution in [-0.4, -0.2) is 25.0 Å². The van der Waals surface area contributed by atoms with Crippen LogP contribution in [0.1, 0.15) is 12.8 Å². The molecule has 2 rings (SSSR count). The minimum Gasteiger partial charge on any atom is -0.467 e. The SMILES string of the molecule is COC(=O)C1CCC(NNc2cccc(Cl)c2)=N1. The van der Waals surface area contributed by atoms with Crippen LogP contribution < -0.4 is 10.9 Å². The van der Waals surface area contributed by atoms with Gasteiger partial charge in [0.25, 0.3) is 0 Å². The maximum atomic E-state index is 11.3. The van der Waals surface area contributed by atoms with Crippen molar-refractivity contribution >= 4 is 29.1 Å². The average molecular weight is 268 g/mol. The predicted octanol–water partition coefficient (Wildman–Crippen LogP) is 1.99. The number of ether oxygens (including phenoxy) is 1. The quantitative estimate of drug-likeness (QED) is 0.649. The molecule has 0 amide bonds. The van der Waals surface area contributed by atoms with E-state index in [9.17, 15) is 4.79 Å². The Kier molecular flexibility index (Phi) is 4.04. The molecule has 0 fully saturated rings. The summed E-state index contributed by atoms with van der Waals surface area (Å²) in [6.45, 7) is 0. The molecule has 6 heteroatoms. The molecule has 5 nitrogen and oxygen atoms in total. The molecule has 0 spiro atoms. The van der Waals surface area contributed by atoms with Gasteiger partial charge in [0.05, 0.1) is 12.8 Å². The standard InChI is InChI=1S/C12H14ClN3O2/c1-18-12(17)10-5-6-11(14-10)16-15-9-4-2-3-8(13)7-9/h2-4,7,10,15H,5-6H2,1H3,(H,14,16).